The zero-order chi connectivity index (χ0) is 36.9. The molecule has 2 unspecified atom stereocenters. The van der Waals surface area contributed by atoms with Crippen LogP contribution in [0.4, 0.5) is 10.7 Å². The van der Waals surface area contributed by atoms with E-state index in [1.54, 1.807) is 24.7 Å². The zero-order valence-corrected chi connectivity index (χ0v) is 29.9. The van der Waals surface area contributed by atoms with Crippen molar-refractivity contribution in [2.45, 2.75) is 58.7 Å². The molecular formula is C38H46N10O4. The number of H-pyrrole nitrogens is 2. The Morgan fingerprint density at radius 2 is 1.54 bits per heavy atom. The Kier molecular flexibility index (Phi) is 13.1. The molecule has 3 aromatic heterocycles. The van der Waals surface area contributed by atoms with E-state index < -0.39 is 12.1 Å². The standard InChI is InChI=1S/C34H37N9O3.C4H9NO/c1-21(2)30(42-33-35-15-5-16-36-33)32(44)43-17-4-6-28(43)31-38-19-27(41-31)25-13-9-23(10-14-25)22-7-11-24(12-8-22)26-18-37-29(40-26)20-39-34(45)46-3;1-2-3-5-4-6/h5,7-16,18-19,21,28,30H,4,6,17,20H2,1-3H3,(H,37,40)(H,38,41)(H,39,45)(H,35,36,42);4H,2-3H2,1H3,(H,5,6). The van der Waals surface area contributed by atoms with Crippen molar-refractivity contribution >= 4 is 24.4 Å². The fraction of sp³-hybridized carbons (Fsp3) is 0.342. The first kappa shape index (κ1) is 37.2. The molecule has 0 spiro atoms. The van der Waals surface area contributed by atoms with Crippen molar-refractivity contribution in [3.63, 3.8) is 0 Å². The number of ether oxygens (including phenoxy) is 1. The van der Waals surface area contributed by atoms with Crippen molar-refractivity contribution in [3.8, 4) is 33.6 Å². The topological polar surface area (TPSA) is 183 Å². The molecule has 0 aliphatic carbocycles. The average molecular weight is 707 g/mol. The summed E-state index contributed by atoms with van der Waals surface area (Å²) in [4.78, 5) is 60.7. The van der Waals surface area contributed by atoms with E-state index in [9.17, 15) is 14.4 Å². The van der Waals surface area contributed by atoms with Crippen LogP contribution in [-0.4, -0.2) is 79.5 Å². The molecule has 2 aromatic carbocycles. The van der Waals surface area contributed by atoms with Gasteiger partial charge in [0.25, 0.3) is 0 Å². The van der Waals surface area contributed by atoms with Gasteiger partial charge in [-0.1, -0.05) is 69.3 Å². The minimum Gasteiger partial charge on any atom is -0.453 e. The number of aromatic nitrogens is 6. The molecule has 1 aliphatic rings. The summed E-state index contributed by atoms with van der Waals surface area (Å²) in [6.45, 7) is 7.79. The normalized spacial score (nSPS) is 14.2. The molecule has 4 heterocycles. The van der Waals surface area contributed by atoms with Crippen LogP contribution in [0.15, 0.2) is 79.4 Å². The highest BCUT2D eigenvalue weighted by molar-refractivity contribution is 5.85. The highest BCUT2D eigenvalue weighted by Gasteiger charge is 2.37. The van der Waals surface area contributed by atoms with Crippen molar-refractivity contribution in [2.75, 3.05) is 25.5 Å². The van der Waals surface area contributed by atoms with Gasteiger partial charge < -0.3 is 35.6 Å². The summed E-state index contributed by atoms with van der Waals surface area (Å²) >= 11 is 0. The van der Waals surface area contributed by atoms with Gasteiger partial charge in [0.1, 0.15) is 17.7 Å². The summed E-state index contributed by atoms with van der Waals surface area (Å²) in [5.41, 5.74) is 5.95. The summed E-state index contributed by atoms with van der Waals surface area (Å²) in [6.07, 6.45) is 9.91. The van der Waals surface area contributed by atoms with Crippen LogP contribution in [0.1, 0.15) is 57.7 Å². The number of methoxy groups -OCH3 is 1. The molecule has 14 heteroatoms. The first-order chi connectivity index (χ1) is 25.3. The van der Waals surface area contributed by atoms with Gasteiger partial charge in [0.05, 0.1) is 43.5 Å². The number of alkyl carbamates (subject to hydrolysis) is 1. The molecule has 3 amide bonds. The third-order valence-corrected chi connectivity index (χ3v) is 8.65. The molecule has 14 nitrogen and oxygen atoms in total. The zero-order valence-electron chi connectivity index (χ0n) is 29.9. The van der Waals surface area contributed by atoms with Gasteiger partial charge in [-0.25, -0.2) is 24.7 Å². The predicted molar refractivity (Wildman–Crippen MR) is 199 cm³/mol. The lowest BCUT2D eigenvalue weighted by atomic mass is 10.0. The molecule has 52 heavy (non-hydrogen) atoms. The van der Waals surface area contributed by atoms with Gasteiger partial charge in [-0.2, -0.15) is 0 Å². The molecule has 0 saturated carbocycles. The number of aromatic amines is 2. The van der Waals surface area contributed by atoms with Crippen LogP contribution in [0.2, 0.25) is 0 Å². The number of carbonyl (C=O) groups excluding carboxylic acids is 3. The van der Waals surface area contributed by atoms with Crippen molar-refractivity contribution in [3.05, 3.63) is 91.0 Å². The van der Waals surface area contributed by atoms with Crippen molar-refractivity contribution in [1.29, 1.82) is 0 Å². The molecule has 0 bridgehead atoms. The van der Waals surface area contributed by atoms with Crippen LogP contribution in [0.25, 0.3) is 33.6 Å². The molecule has 5 N–H and O–H groups in total. The average Bonchev–Trinajstić information content (AvgIpc) is 3.97. The lowest BCUT2D eigenvalue weighted by Crippen LogP contribution is -2.45. The van der Waals surface area contributed by atoms with Crippen LogP contribution in [0.5, 0.6) is 0 Å². The Morgan fingerprint density at radius 3 is 2.12 bits per heavy atom. The molecular weight excluding hydrogens is 660 g/mol. The number of hydrogen-bond donors (Lipinski definition) is 5. The molecule has 0 radical (unpaired) electrons. The smallest absolute Gasteiger partial charge is 0.407 e. The highest BCUT2D eigenvalue weighted by atomic mass is 16.5. The number of nitrogens with one attached hydrogen (secondary N) is 5. The number of anilines is 1. The second kappa shape index (κ2) is 18.3. The SMILES string of the molecule is CCCNC=O.COC(=O)NCc1ncc(-c2ccc(-c3ccc(-c4cnc(C5CCCN5C(=O)C(Nc5ncccn5)C(C)C)[nH]4)cc3)cc2)[nH]1. The van der Waals surface area contributed by atoms with E-state index in [1.807, 2.05) is 44.0 Å². The summed E-state index contributed by atoms with van der Waals surface area (Å²) < 4.78 is 4.60. The number of rotatable bonds is 13. The Labute approximate surface area is 303 Å². The van der Waals surface area contributed by atoms with Crippen LogP contribution >= 0.6 is 0 Å². The van der Waals surface area contributed by atoms with Gasteiger partial charge >= 0.3 is 6.09 Å². The summed E-state index contributed by atoms with van der Waals surface area (Å²) in [5, 5.41) is 8.37. The second-order valence-corrected chi connectivity index (χ2v) is 12.6. The quantitative estimate of drug-likeness (QED) is 0.0755. The van der Waals surface area contributed by atoms with Crippen molar-refractivity contribution in [2.24, 2.45) is 5.92 Å². The van der Waals surface area contributed by atoms with E-state index in [2.05, 4.69) is 82.0 Å². The van der Waals surface area contributed by atoms with Gasteiger partial charge in [-0.05, 0) is 53.5 Å². The van der Waals surface area contributed by atoms with E-state index in [4.69, 9.17) is 4.98 Å². The van der Waals surface area contributed by atoms with Gasteiger partial charge in [0.2, 0.25) is 18.3 Å². The molecule has 272 valence electrons. The Balaban J connectivity index is 0.000000803. The number of amides is 3. The third-order valence-electron chi connectivity index (χ3n) is 8.65. The van der Waals surface area contributed by atoms with E-state index in [1.165, 1.54) is 7.11 Å². The first-order valence-electron chi connectivity index (χ1n) is 17.4. The van der Waals surface area contributed by atoms with E-state index in [-0.39, 0.29) is 24.4 Å². The van der Waals surface area contributed by atoms with Crippen LogP contribution < -0.4 is 16.0 Å². The minimum atomic E-state index is -0.503. The Morgan fingerprint density at radius 1 is 0.923 bits per heavy atom. The lowest BCUT2D eigenvalue weighted by Gasteiger charge is -2.30. The molecule has 1 aliphatic heterocycles. The van der Waals surface area contributed by atoms with E-state index >= 15 is 0 Å². The van der Waals surface area contributed by atoms with Crippen LogP contribution in [-0.2, 0) is 20.9 Å². The largest absolute Gasteiger partial charge is 0.453 e. The molecule has 6 rings (SSSR count). The lowest BCUT2D eigenvalue weighted by molar-refractivity contribution is -0.134. The highest BCUT2D eigenvalue weighted by Crippen LogP contribution is 2.33. The van der Waals surface area contributed by atoms with E-state index in [0.717, 1.165) is 65.3 Å². The molecule has 5 aromatic rings. The number of hydrogen-bond acceptors (Lipinski definition) is 9. The fourth-order valence-corrected chi connectivity index (χ4v) is 5.89. The van der Waals surface area contributed by atoms with Gasteiger partial charge in [0, 0.05) is 25.5 Å². The van der Waals surface area contributed by atoms with Gasteiger partial charge in [-0.3, -0.25) is 9.59 Å². The summed E-state index contributed by atoms with van der Waals surface area (Å²) in [5.74, 6) is 1.97. The molecule has 1 fully saturated rings. The fourth-order valence-electron chi connectivity index (χ4n) is 5.89. The number of imidazole rings is 2. The predicted octanol–water partition coefficient (Wildman–Crippen LogP) is 5.72. The van der Waals surface area contributed by atoms with Crippen LogP contribution in [0.3, 0.4) is 0 Å². The minimum absolute atomic E-state index is 0.0295. The number of likely N-dealkylation sites (tertiary alicyclic amines) is 1. The molecule has 2 atom stereocenters. The van der Waals surface area contributed by atoms with Crippen LogP contribution in [0, 0.1) is 5.92 Å². The Hall–Kier alpha value is -6.05. The maximum absolute atomic E-state index is 13.7. The van der Waals surface area contributed by atoms with Gasteiger partial charge in [-0.15, -0.1) is 0 Å². The van der Waals surface area contributed by atoms with Crippen molar-refractivity contribution < 1.29 is 19.1 Å². The third kappa shape index (κ3) is 9.59. The number of benzene rings is 2. The monoisotopic (exact) mass is 706 g/mol. The maximum Gasteiger partial charge on any atom is 0.407 e. The van der Waals surface area contributed by atoms with Gasteiger partial charge in [0.15, 0.2) is 0 Å². The first-order valence-corrected chi connectivity index (χ1v) is 17.4. The number of nitrogens with zero attached hydrogens (tertiary/aromatic N) is 5. The number of carbonyl (C=O) groups is 3. The maximum atomic E-state index is 13.7. The summed E-state index contributed by atoms with van der Waals surface area (Å²) in [7, 11) is 1.32. The Bertz CT molecular complexity index is 1870. The summed E-state index contributed by atoms with van der Waals surface area (Å²) in [6, 6.07) is 17.7. The second-order valence-electron chi connectivity index (χ2n) is 12.6. The van der Waals surface area contributed by atoms with E-state index in [0.29, 0.717) is 24.7 Å². The van der Waals surface area contributed by atoms with Crippen molar-refractivity contribution in [1.82, 2.24) is 45.4 Å². The molecule has 1 saturated heterocycles.